The van der Waals surface area contributed by atoms with Crippen LogP contribution in [0.2, 0.25) is 0 Å². The smallest absolute Gasteiger partial charge is 0.338 e. The predicted octanol–water partition coefficient (Wildman–Crippen LogP) is 2.13. The fraction of sp³-hybridized carbons (Fsp3) is 0.556. The van der Waals surface area contributed by atoms with Gasteiger partial charge in [0, 0.05) is 6.04 Å². The van der Waals surface area contributed by atoms with E-state index >= 15 is 0 Å². The third kappa shape index (κ3) is 7.53. The van der Waals surface area contributed by atoms with Gasteiger partial charge in [-0.2, -0.15) is 0 Å². The Kier molecular flexibility index (Phi) is 8.23. The zero-order valence-electron chi connectivity index (χ0n) is 15.7. The minimum atomic E-state index is -3.92. The van der Waals surface area contributed by atoms with Gasteiger partial charge in [-0.3, -0.25) is 4.79 Å². The molecule has 0 aromatic heterocycles. The molecule has 0 aliphatic carbocycles. The maximum absolute atomic E-state index is 12.1. The molecule has 1 aromatic rings. The predicted molar refractivity (Wildman–Crippen MR) is 99.1 cm³/mol. The van der Waals surface area contributed by atoms with Gasteiger partial charge in [0.2, 0.25) is 10.0 Å². The van der Waals surface area contributed by atoms with Crippen molar-refractivity contribution in [3.8, 4) is 0 Å². The van der Waals surface area contributed by atoms with Crippen molar-refractivity contribution in [1.82, 2.24) is 5.32 Å². The molecule has 0 heterocycles. The van der Waals surface area contributed by atoms with E-state index in [0.717, 1.165) is 25.3 Å². The van der Waals surface area contributed by atoms with Gasteiger partial charge >= 0.3 is 5.97 Å². The molecule has 0 bridgehead atoms. The Labute approximate surface area is 155 Å². The van der Waals surface area contributed by atoms with Gasteiger partial charge in [0.15, 0.2) is 6.61 Å². The van der Waals surface area contributed by atoms with Crippen molar-refractivity contribution in [2.24, 2.45) is 11.1 Å². The van der Waals surface area contributed by atoms with Crippen LogP contribution in [0.25, 0.3) is 0 Å². The molecule has 0 saturated heterocycles. The lowest BCUT2D eigenvalue weighted by Crippen LogP contribution is -2.35. The summed E-state index contributed by atoms with van der Waals surface area (Å²) in [7, 11) is -3.92. The fourth-order valence-corrected chi connectivity index (χ4v) is 2.97. The van der Waals surface area contributed by atoms with Crippen molar-refractivity contribution < 1.29 is 22.7 Å². The Bertz CT molecular complexity index is 744. The number of sulfonamides is 1. The highest BCUT2D eigenvalue weighted by Crippen LogP contribution is 2.15. The number of nitrogens with two attached hydrogens (primary N) is 1. The van der Waals surface area contributed by atoms with Crippen LogP contribution in [0.3, 0.4) is 0 Å². The minimum Gasteiger partial charge on any atom is -0.452 e. The molecular weight excluding hydrogens is 356 g/mol. The molecule has 1 amide bonds. The third-order valence-electron chi connectivity index (χ3n) is 3.92. The van der Waals surface area contributed by atoms with Gasteiger partial charge in [-0.05, 0) is 43.9 Å². The SMILES string of the molecule is Cc1ccc(S(N)(=O)=O)cc1C(=O)OCC(=O)NC(C)CCCC(C)C. The number of benzene rings is 1. The van der Waals surface area contributed by atoms with Crippen LogP contribution in [-0.4, -0.2) is 32.9 Å². The molecule has 0 spiro atoms. The number of esters is 1. The first-order valence-electron chi connectivity index (χ1n) is 8.60. The lowest BCUT2D eigenvalue weighted by Gasteiger charge is -2.15. The van der Waals surface area contributed by atoms with Crippen molar-refractivity contribution in [2.45, 2.75) is 57.9 Å². The van der Waals surface area contributed by atoms with Gasteiger partial charge in [-0.1, -0.05) is 32.8 Å². The van der Waals surface area contributed by atoms with E-state index in [-0.39, 0.29) is 16.5 Å². The number of nitrogens with one attached hydrogen (secondary N) is 1. The molecule has 26 heavy (non-hydrogen) atoms. The number of primary sulfonamides is 1. The summed E-state index contributed by atoms with van der Waals surface area (Å²) in [5.74, 6) is -0.540. The molecule has 146 valence electrons. The van der Waals surface area contributed by atoms with Crippen LogP contribution < -0.4 is 10.5 Å². The van der Waals surface area contributed by atoms with Crippen LogP contribution >= 0.6 is 0 Å². The van der Waals surface area contributed by atoms with E-state index in [4.69, 9.17) is 9.88 Å². The summed E-state index contributed by atoms with van der Waals surface area (Å²) < 4.78 is 27.8. The Morgan fingerprint density at radius 2 is 1.85 bits per heavy atom. The summed E-state index contributed by atoms with van der Waals surface area (Å²) in [6.45, 7) is 7.41. The van der Waals surface area contributed by atoms with Crippen molar-refractivity contribution in [3.63, 3.8) is 0 Å². The van der Waals surface area contributed by atoms with Crippen LogP contribution in [0.15, 0.2) is 23.1 Å². The van der Waals surface area contributed by atoms with E-state index in [1.54, 1.807) is 6.92 Å². The fourth-order valence-electron chi connectivity index (χ4n) is 2.43. The minimum absolute atomic E-state index is 0.00704. The molecule has 0 fully saturated rings. The first kappa shape index (κ1) is 22.1. The van der Waals surface area contributed by atoms with Crippen molar-refractivity contribution >= 4 is 21.9 Å². The lowest BCUT2D eigenvalue weighted by molar-refractivity contribution is -0.124. The Hall–Kier alpha value is -1.93. The number of hydrogen-bond acceptors (Lipinski definition) is 5. The molecular formula is C18H28N2O5S. The van der Waals surface area contributed by atoms with Crippen molar-refractivity contribution in [1.29, 1.82) is 0 Å². The Morgan fingerprint density at radius 3 is 2.42 bits per heavy atom. The lowest BCUT2D eigenvalue weighted by atomic mass is 10.0. The summed E-state index contributed by atoms with van der Waals surface area (Å²) in [4.78, 5) is 23.9. The molecule has 1 atom stereocenters. The summed E-state index contributed by atoms with van der Waals surface area (Å²) in [5.41, 5.74) is 0.596. The number of ether oxygens (including phenoxy) is 1. The van der Waals surface area contributed by atoms with Crippen molar-refractivity contribution in [3.05, 3.63) is 29.3 Å². The molecule has 1 aromatic carbocycles. The van der Waals surface area contributed by atoms with Gasteiger partial charge in [0.1, 0.15) is 0 Å². The highest BCUT2D eigenvalue weighted by molar-refractivity contribution is 7.89. The van der Waals surface area contributed by atoms with Crippen molar-refractivity contribution in [2.75, 3.05) is 6.61 Å². The number of hydrogen-bond donors (Lipinski definition) is 2. The number of carbonyl (C=O) groups is 2. The van der Waals surface area contributed by atoms with Gasteiger partial charge in [-0.15, -0.1) is 0 Å². The molecule has 0 radical (unpaired) electrons. The van der Waals surface area contributed by atoms with E-state index in [2.05, 4.69) is 19.2 Å². The maximum atomic E-state index is 12.1. The quantitative estimate of drug-likeness (QED) is 0.633. The molecule has 3 N–H and O–H groups in total. The number of amides is 1. The molecule has 0 aliphatic rings. The van der Waals surface area contributed by atoms with E-state index in [9.17, 15) is 18.0 Å². The zero-order chi connectivity index (χ0) is 19.9. The zero-order valence-corrected chi connectivity index (χ0v) is 16.6. The molecule has 8 heteroatoms. The van der Waals surface area contributed by atoms with Crippen LogP contribution in [0, 0.1) is 12.8 Å². The first-order chi connectivity index (χ1) is 12.0. The molecule has 7 nitrogen and oxygen atoms in total. The topological polar surface area (TPSA) is 116 Å². The van der Waals surface area contributed by atoms with E-state index in [1.165, 1.54) is 12.1 Å². The van der Waals surface area contributed by atoms with E-state index < -0.39 is 28.5 Å². The van der Waals surface area contributed by atoms with Gasteiger partial charge < -0.3 is 10.1 Å². The van der Waals surface area contributed by atoms with Gasteiger partial charge in [0.25, 0.3) is 5.91 Å². The van der Waals surface area contributed by atoms with Crippen LogP contribution in [-0.2, 0) is 19.6 Å². The van der Waals surface area contributed by atoms with Crippen LogP contribution in [0.1, 0.15) is 56.0 Å². The van der Waals surface area contributed by atoms with Crippen LogP contribution in [0.5, 0.6) is 0 Å². The standard InChI is InChI=1S/C18H28N2O5S/c1-12(2)6-5-7-14(4)20-17(21)11-25-18(22)16-10-15(26(19,23)24)9-8-13(16)3/h8-10,12,14H,5-7,11H2,1-4H3,(H,20,21)(H2,19,23,24). The second kappa shape index (κ2) is 9.68. The molecule has 1 rings (SSSR count). The first-order valence-corrected chi connectivity index (χ1v) is 10.1. The maximum Gasteiger partial charge on any atom is 0.338 e. The van der Waals surface area contributed by atoms with E-state index in [0.29, 0.717) is 11.5 Å². The van der Waals surface area contributed by atoms with Gasteiger partial charge in [-0.25, -0.2) is 18.4 Å². The third-order valence-corrected chi connectivity index (χ3v) is 4.83. The van der Waals surface area contributed by atoms with E-state index in [1.807, 2.05) is 6.92 Å². The number of rotatable bonds is 9. The summed E-state index contributed by atoms with van der Waals surface area (Å²) in [6, 6.07) is 3.92. The largest absolute Gasteiger partial charge is 0.452 e. The average molecular weight is 384 g/mol. The highest BCUT2D eigenvalue weighted by Gasteiger charge is 2.17. The summed E-state index contributed by atoms with van der Waals surface area (Å²) in [6.07, 6.45) is 2.96. The number of carbonyl (C=O) groups excluding carboxylic acids is 2. The van der Waals surface area contributed by atoms with Gasteiger partial charge in [0.05, 0.1) is 10.5 Å². The normalized spacial score (nSPS) is 12.7. The molecule has 0 aliphatic heterocycles. The Morgan fingerprint density at radius 1 is 1.19 bits per heavy atom. The second-order valence-corrected chi connectivity index (χ2v) is 8.45. The van der Waals surface area contributed by atoms with Crippen LogP contribution in [0.4, 0.5) is 0 Å². The molecule has 0 saturated carbocycles. The average Bonchev–Trinajstić information content (AvgIpc) is 2.51. The summed E-state index contributed by atoms with van der Waals surface area (Å²) >= 11 is 0. The Balaban J connectivity index is 2.57. The highest BCUT2D eigenvalue weighted by atomic mass is 32.2. The second-order valence-electron chi connectivity index (χ2n) is 6.89. The summed E-state index contributed by atoms with van der Waals surface area (Å²) in [5, 5.41) is 7.85. The molecule has 1 unspecified atom stereocenters. The monoisotopic (exact) mass is 384 g/mol. The number of aryl methyl sites for hydroxylation is 1.